The number of aliphatic hydroxyl groups excluding tert-OH is 1. The highest BCUT2D eigenvalue weighted by molar-refractivity contribution is 7.99. The van der Waals surface area contributed by atoms with Gasteiger partial charge < -0.3 is 15.7 Å². The Morgan fingerprint density at radius 3 is 2.94 bits per heavy atom. The van der Waals surface area contributed by atoms with Crippen LogP contribution in [0.4, 0.5) is 0 Å². The summed E-state index contributed by atoms with van der Waals surface area (Å²) >= 11 is 1.59. The normalized spacial score (nSPS) is 23.4. The SMILES string of the molecule is CSC(CO)C(C)NC(=O)CCC1CCCNC1. The van der Waals surface area contributed by atoms with E-state index in [1.807, 2.05) is 13.2 Å². The van der Waals surface area contributed by atoms with Gasteiger partial charge in [0.15, 0.2) is 0 Å². The molecule has 1 amide bonds. The van der Waals surface area contributed by atoms with Gasteiger partial charge in [0, 0.05) is 17.7 Å². The van der Waals surface area contributed by atoms with E-state index in [1.165, 1.54) is 12.8 Å². The van der Waals surface area contributed by atoms with E-state index in [9.17, 15) is 4.79 Å². The maximum Gasteiger partial charge on any atom is 0.220 e. The van der Waals surface area contributed by atoms with Crippen LogP contribution < -0.4 is 10.6 Å². The standard InChI is InChI=1S/C13H26N2O2S/c1-10(12(9-16)18-2)15-13(17)6-5-11-4-3-7-14-8-11/h10-12,14,16H,3-9H2,1-2H3,(H,15,17). The lowest BCUT2D eigenvalue weighted by Crippen LogP contribution is -2.41. The molecule has 0 radical (unpaired) electrons. The molecule has 0 aliphatic carbocycles. The first-order chi connectivity index (χ1) is 8.67. The van der Waals surface area contributed by atoms with Gasteiger partial charge in [0.2, 0.25) is 5.91 Å². The molecule has 18 heavy (non-hydrogen) atoms. The van der Waals surface area contributed by atoms with Crippen molar-refractivity contribution in [1.82, 2.24) is 10.6 Å². The molecule has 1 saturated heterocycles. The van der Waals surface area contributed by atoms with Crippen LogP contribution in [0.5, 0.6) is 0 Å². The Labute approximate surface area is 114 Å². The van der Waals surface area contributed by atoms with E-state index in [-0.39, 0.29) is 23.8 Å². The second-order valence-corrected chi connectivity index (χ2v) is 6.14. The lowest BCUT2D eigenvalue weighted by molar-refractivity contribution is -0.122. The number of carbonyl (C=O) groups is 1. The average molecular weight is 274 g/mol. The fourth-order valence-electron chi connectivity index (χ4n) is 2.36. The van der Waals surface area contributed by atoms with E-state index in [0.717, 1.165) is 19.5 Å². The summed E-state index contributed by atoms with van der Waals surface area (Å²) in [4.78, 5) is 11.8. The number of hydrogen-bond donors (Lipinski definition) is 3. The molecule has 0 spiro atoms. The summed E-state index contributed by atoms with van der Waals surface area (Å²) < 4.78 is 0. The van der Waals surface area contributed by atoms with Gasteiger partial charge in [-0.25, -0.2) is 0 Å². The van der Waals surface area contributed by atoms with Gasteiger partial charge in [0.05, 0.1) is 6.61 Å². The first-order valence-corrected chi connectivity index (χ1v) is 8.10. The molecule has 3 atom stereocenters. The fourth-order valence-corrected chi connectivity index (χ4v) is 2.99. The molecule has 1 rings (SSSR count). The van der Waals surface area contributed by atoms with E-state index >= 15 is 0 Å². The summed E-state index contributed by atoms with van der Waals surface area (Å²) in [5, 5.41) is 15.6. The number of aliphatic hydroxyl groups is 1. The molecule has 106 valence electrons. The van der Waals surface area contributed by atoms with Gasteiger partial charge in [0.1, 0.15) is 0 Å². The number of piperidine rings is 1. The minimum absolute atomic E-state index is 0.0296. The van der Waals surface area contributed by atoms with Crippen LogP contribution in [0.25, 0.3) is 0 Å². The molecular formula is C13H26N2O2S. The molecule has 0 saturated carbocycles. The Balaban J connectivity index is 2.19. The van der Waals surface area contributed by atoms with Crippen LogP contribution in [-0.2, 0) is 4.79 Å². The third kappa shape index (κ3) is 5.59. The molecular weight excluding hydrogens is 248 g/mol. The maximum atomic E-state index is 11.8. The van der Waals surface area contributed by atoms with Crippen molar-refractivity contribution in [3.05, 3.63) is 0 Å². The van der Waals surface area contributed by atoms with Gasteiger partial charge >= 0.3 is 0 Å². The lowest BCUT2D eigenvalue weighted by Gasteiger charge is -2.24. The largest absolute Gasteiger partial charge is 0.395 e. The van der Waals surface area contributed by atoms with Crippen LogP contribution in [0.1, 0.15) is 32.6 Å². The summed E-state index contributed by atoms with van der Waals surface area (Å²) in [6.45, 7) is 4.23. The van der Waals surface area contributed by atoms with E-state index < -0.39 is 0 Å². The van der Waals surface area contributed by atoms with Gasteiger partial charge in [0.25, 0.3) is 0 Å². The van der Waals surface area contributed by atoms with E-state index in [4.69, 9.17) is 5.11 Å². The quantitative estimate of drug-likeness (QED) is 0.648. The van der Waals surface area contributed by atoms with Gasteiger partial charge in [-0.15, -0.1) is 0 Å². The molecule has 1 aliphatic rings. The van der Waals surface area contributed by atoms with Gasteiger partial charge in [-0.3, -0.25) is 4.79 Å². The van der Waals surface area contributed by atoms with Crippen molar-refractivity contribution < 1.29 is 9.90 Å². The molecule has 1 heterocycles. The average Bonchev–Trinajstić information content (AvgIpc) is 2.39. The van der Waals surface area contributed by atoms with Gasteiger partial charge in [-0.05, 0) is 51.4 Å². The minimum atomic E-state index is 0.0296. The monoisotopic (exact) mass is 274 g/mol. The molecule has 0 aromatic rings. The Morgan fingerprint density at radius 2 is 2.39 bits per heavy atom. The van der Waals surface area contributed by atoms with Crippen LogP contribution in [0.15, 0.2) is 0 Å². The highest BCUT2D eigenvalue weighted by atomic mass is 32.2. The molecule has 0 aromatic carbocycles. The van der Waals surface area contributed by atoms with E-state index in [0.29, 0.717) is 12.3 Å². The van der Waals surface area contributed by atoms with Crippen LogP contribution in [0, 0.1) is 5.92 Å². The van der Waals surface area contributed by atoms with Crippen molar-refractivity contribution in [3.63, 3.8) is 0 Å². The van der Waals surface area contributed by atoms with Crippen molar-refractivity contribution in [2.75, 3.05) is 26.0 Å². The Morgan fingerprint density at radius 1 is 1.61 bits per heavy atom. The van der Waals surface area contributed by atoms with Crippen molar-refractivity contribution in [2.24, 2.45) is 5.92 Å². The fraction of sp³-hybridized carbons (Fsp3) is 0.923. The number of amides is 1. The van der Waals surface area contributed by atoms with Crippen LogP contribution in [-0.4, -0.2) is 48.3 Å². The summed E-state index contributed by atoms with van der Waals surface area (Å²) in [6.07, 6.45) is 5.98. The maximum absolute atomic E-state index is 11.8. The van der Waals surface area contributed by atoms with Crippen molar-refractivity contribution in [3.8, 4) is 0 Å². The zero-order valence-corrected chi connectivity index (χ0v) is 12.3. The van der Waals surface area contributed by atoms with Crippen molar-refractivity contribution in [2.45, 2.75) is 43.9 Å². The molecule has 3 unspecified atom stereocenters. The summed E-state index contributed by atoms with van der Waals surface area (Å²) in [5.41, 5.74) is 0. The molecule has 1 aliphatic heterocycles. The Hall–Kier alpha value is -0.260. The predicted molar refractivity (Wildman–Crippen MR) is 76.8 cm³/mol. The number of nitrogens with one attached hydrogen (secondary N) is 2. The minimum Gasteiger partial charge on any atom is -0.395 e. The van der Waals surface area contributed by atoms with Crippen molar-refractivity contribution in [1.29, 1.82) is 0 Å². The summed E-state index contributed by atoms with van der Waals surface area (Å²) in [7, 11) is 0. The number of thioether (sulfide) groups is 1. The summed E-state index contributed by atoms with van der Waals surface area (Å²) in [5.74, 6) is 0.759. The lowest BCUT2D eigenvalue weighted by atomic mass is 9.94. The molecule has 1 fully saturated rings. The number of carbonyl (C=O) groups excluding carboxylic acids is 1. The molecule has 3 N–H and O–H groups in total. The number of hydrogen-bond acceptors (Lipinski definition) is 4. The van der Waals surface area contributed by atoms with Gasteiger partial charge in [-0.1, -0.05) is 0 Å². The predicted octanol–water partition coefficient (Wildman–Crippen LogP) is 0.995. The summed E-state index contributed by atoms with van der Waals surface area (Å²) in [6, 6.07) is 0.0296. The molecule has 0 bridgehead atoms. The Bertz CT molecular complexity index is 241. The smallest absolute Gasteiger partial charge is 0.220 e. The first kappa shape index (κ1) is 15.8. The second-order valence-electron chi connectivity index (χ2n) is 5.06. The van der Waals surface area contributed by atoms with Gasteiger partial charge in [-0.2, -0.15) is 11.8 Å². The molecule has 0 aromatic heterocycles. The molecule has 4 nitrogen and oxygen atoms in total. The van der Waals surface area contributed by atoms with E-state index in [1.54, 1.807) is 11.8 Å². The van der Waals surface area contributed by atoms with Crippen LogP contribution in [0.2, 0.25) is 0 Å². The second kappa shape index (κ2) is 8.77. The highest BCUT2D eigenvalue weighted by Crippen LogP contribution is 2.16. The Kier molecular flexibility index (Phi) is 7.70. The zero-order valence-electron chi connectivity index (χ0n) is 11.4. The third-order valence-corrected chi connectivity index (χ3v) is 4.77. The molecule has 5 heteroatoms. The van der Waals surface area contributed by atoms with Crippen LogP contribution >= 0.6 is 11.8 Å². The van der Waals surface area contributed by atoms with Crippen molar-refractivity contribution >= 4 is 17.7 Å². The highest BCUT2D eigenvalue weighted by Gasteiger charge is 2.19. The first-order valence-electron chi connectivity index (χ1n) is 6.81. The van der Waals surface area contributed by atoms with Crippen LogP contribution in [0.3, 0.4) is 0 Å². The topological polar surface area (TPSA) is 61.4 Å². The third-order valence-electron chi connectivity index (χ3n) is 3.61. The zero-order chi connectivity index (χ0) is 13.4. The number of rotatable bonds is 7. The van der Waals surface area contributed by atoms with E-state index in [2.05, 4.69) is 10.6 Å².